The maximum Gasteiger partial charge on any atom is 3.00 e. The van der Waals surface area contributed by atoms with Crippen LogP contribution in [-0.4, -0.2) is 102 Å². The van der Waals surface area contributed by atoms with Gasteiger partial charge in [-0.25, -0.2) is 0 Å². The molecule has 0 bridgehead atoms. The average Bonchev–Trinajstić information content (AvgIpc) is 2.83. The molecule has 0 fully saturated rings. The fourth-order valence-electron chi connectivity index (χ4n) is 4.76. The first kappa shape index (κ1) is 53.1. The Morgan fingerprint density at radius 3 is 0.907 bits per heavy atom. The van der Waals surface area contributed by atoms with Crippen LogP contribution in [0.3, 0.4) is 0 Å². The smallest absolute Gasteiger partial charge is 0.549 e. The minimum Gasteiger partial charge on any atom is -0.549 e. The summed E-state index contributed by atoms with van der Waals surface area (Å²) in [6.07, 6.45) is 1.22. The maximum atomic E-state index is 12.2. The molecule has 0 aliphatic rings. The van der Waals surface area contributed by atoms with Gasteiger partial charge in [-0.15, -0.1) is 0 Å². The van der Waals surface area contributed by atoms with Crippen molar-refractivity contribution in [2.75, 3.05) is 39.3 Å². The van der Waals surface area contributed by atoms with Crippen molar-refractivity contribution in [3.8, 4) is 0 Å². The van der Waals surface area contributed by atoms with Gasteiger partial charge in [0.05, 0.1) is 48.0 Å². The molecule has 0 amide bonds. The summed E-state index contributed by atoms with van der Waals surface area (Å²) in [4.78, 5) is 62.5. The summed E-state index contributed by atoms with van der Waals surface area (Å²) < 4.78 is 0. The second-order valence-electron chi connectivity index (χ2n) is 10.2. The van der Waals surface area contributed by atoms with Crippen LogP contribution in [0.5, 0.6) is 0 Å². The molecular formula is C27H46GdN3Na2O10. The summed E-state index contributed by atoms with van der Waals surface area (Å²) >= 11 is 0. The molecule has 0 aromatic rings. The Bertz CT molecular complexity index is 791. The molecule has 0 aromatic heterocycles. The van der Waals surface area contributed by atoms with E-state index in [-0.39, 0.29) is 133 Å². The number of carboxylic acid groups (broad SMARTS) is 5. The molecule has 13 nitrogen and oxygen atoms in total. The van der Waals surface area contributed by atoms with Gasteiger partial charge in [0, 0.05) is 39.3 Å². The summed E-state index contributed by atoms with van der Waals surface area (Å²) in [5.74, 6) is -8.91. The molecule has 0 spiro atoms. The van der Waals surface area contributed by atoms with Gasteiger partial charge >= 0.3 is 99.1 Å². The molecule has 6 atom stereocenters. The topological polar surface area (TPSA) is 210 Å². The largest absolute Gasteiger partial charge is 3.00 e. The first-order valence-electron chi connectivity index (χ1n) is 13.4. The molecule has 239 valence electrons. The molecule has 0 aromatic carbocycles. The van der Waals surface area contributed by atoms with Gasteiger partial charge in [-0.2, -0.15) is 0 Å². The SMILES string of the molecule is C.CCC(C)C(C(=O)[O-])N(CCN(CC(=O)[O-])C(C(=O)[O-])C(C)CC)CCN(CC(=O)[O-])C(C(=O)[O-])C(C)CC.[Gd+3].[Na+].[Na+]. The predicted octanol–water partition coefficient (Wildman–Crippen LogP) is -10.5. The molecule has 16 heteroatoms. The Hall–Kier alpha value is 0.555. The number of carboxylic acids is 5. The summed E-state index contributed by atoms with van der Waals surface area (Å²) in [6.45, 7) is 7.95. The Morgan fingerprint density at radius 2 is 0.721 bits per heavy atom. The Morgan fingerprint density at radius 1 is 0.512 bits per heavy atom. The standard InChI is InChI=1S/C26H47N3O10.CH4.Gd.2Na/c1-7-16(4)21(24(34)35)27(10-12-28(14-19(30)31)22(25(36)37)17(5)8-2)11-13-29(15-20(32)33)23(26(38)39)18(6)9-3;;;;/h16-18,21-23H,7-15H2,1-6H3,(H,30,31)(H,32,33)(H,34,35)(H,36,37)(H,38,39);1H4;;;/q;;+3;2*+1/p-5. The van der Waals surface area contributed by atoms with Crippen LogP contribution in [0.1, 0.15) is 68.2 Å². The van der Waals surface area contributed by atoms with E-state index in [1.54, 1.807) is 41.5 Å². The normalized spacial score (nSPS) is 14.9. The van der Waals surface area contributed by atoms with Crippen LogP contribution in [0.15, 0.2) is 0 Å². The fourth-order valence-corrected chi connectivity index (χ4v) is 4.76. The number of hydrogen-bond donors (Lipinski definition) is 0. The molecular weight excluding hydrogens is 730 g/mol. The van der Waals surface area contributed by atoms with Crippen molar-refractivity contribution in [1.82, 2.24) is 14.7 Å². The van der Waals surface area contributed by atoms with E-state index in [9.17, 15) is 49.5 Å². The van der Waals surface area contributed by atoms with Gasteiger partial charge in [-0.3, -0.25) is 14.7 Å². The quantitative estimate of drug-likeness (QED) is 0.0938. The summed E-state index contributed by atoms with van der Waals surface area (Å²) in [5.41, 5.74) is 0. The van der Waals surface area contributed by atoms with Crippen LogP contribution in [0, 0.1) is 57.7 Å². The Balaban J connectivity index is -0.00000120. The monoisotopic (exact) mass is 776 g/mol. The van der Waals surface area contributed by atoms with Crippen LogP contribution in [0.25, 0.3) is 0 Å². The van der Waals surface area contributed by atoms with E-state index in [4.69, 9.17) is 0 Å². The van der Waals surface area contributed by atoms with Crippen LogP contribution in [-0.2, 0) is 24.0 Å². The number of nitrogens with zero attached hydrogens (tertiary/aromatic N) is 3. The van der Waals surface area contributed by atoms with Crippen LogP contribution in [0.2, 0.25) is 0 Å². The maximum absolute atomic E-state index is 12.2. The molecule has 0 N–H and O–H groups in total. The van der Waals surface area contributed by atoms with Gasteiger partial charge in [0.2, 0.25) is 0 Å². The van der Waals surface area contributed by atoms with Crippen LogP contribution < -0.4 is 84.6 Å². The third kappa shape index (κ3) is 19.1. The second kappa shape index (κ2) is 27.6. The molecule has 6 unspecified atom stereocenters. The van der Waals surface area contributed by atoms with Crippen LogP contribution >= 0.6 is 0 Å². The van der Waals surface area contributed by atoms with Crippen molar-refractivity contribution >= 4 is 29.8 Å². The third-order valence-corrected chi connectivity index (χ3v) is 7.47. The minimum atomic E-state index is -1.53. The van der Waals surface area contributed by atoms with E-state index in [1.165, 1.54) is 4.90 Å². The van der Waals surface area contributed by atoms with E-state index >= 15 is 0 Å². The van der Waals surface area contributed by atoms with Crippen molar-refractivity contribution in [2.45, 2.75) is 86.4 Å². The molecule has 0 aliphatic heterocycles. The van der Waals surface area contributed by atoms with Gasteiger partial charge in [-0.05, 0) is 17.8 Å². The summed E-state index contributed by atoms with van der Waals surface area (Å²) in [6, 6.07) is -3.79. The van der Waals surface area contributed by atoms with Crippen molar-refractivity contribution in [3.05, 3.63) is 0 Å². The van der Waals surface area contributed by atoms with Gasteiger partial charge in [0.15, 0.2) is 0 Å². The summed E-state index contributed by atoms with van der Waals surface area (Å²) in [5, 5.41) is 58.8. The zero-order valence-corrected chi connectivity index (χ0v) is 32.4. The van der Waals surface area contributed by atoms with Crippen molar-refractivity contribution in [2.24, 2.45) is 17.8 Å². The van der Waals surface area contributed by atoms with Gasteiger partial charge in [0.1, 0.15) is 0 Å². The second-order valence-corrected chi connectivity index (χ2v) is 10.2. The van der Waals surface area contributed by atoms with Crippen LogP contribution in [0.4, 0.5) is 0 Å². The first-order valence-corrected chi connectivity index (χ1v) is 13.4. The molecule has 0 rings (SSSR count). The number of carbonyl (C=O) groups is 5. The van der Waals surface area contributed by atoms with Gasteiger partial charge < -0.3 is 49.5 Å². The number of aliphatic carboxylic acids is 5. The number of carbonyl (C=O) groups excluding carboxylic acids is 5. The van der Waals surface area contributed by atoms with Crippen molar-refractivity contribution in [3.63, 3.8) is 0 Å². The molecule has 0 aliphatic carbocycles. The van der Waals surface area contributed by atoms with E-state index in [1.807, 2.05) is 0 Å². The zero-order valence-electron chi connectivity index (χ0n) is 26.1. The number of hydrogen-bond acceptors (Lipinski definition) is 13. The molecule has 43 heavy (non-hydrogen) atoms. The van der Waals surface area contributed by atoms with Gasteiger partial charge in [0.25, 0.3) is 0 Å². The van der Waals surface area contributed by atoms with E-state index in [2.05, 4.69) is 0 Å². The Kier molecular flexibility index (Phi) is 34.1. The molecule has 1 radical (unpaired) electrons. The number of rotatable bonds is 22. The van der Waals surface area contributed by atoms with Gasteiger partial charge in [-0.1, -0.05) is 68.2 Å². The first-order chi connectivity index (χ1) is 18.1. The van der Waals surface area contributed by atoms with Crippen molar-refractivity contribution in [1.29, 1.82) is 0 Å². The van der Waals surface area contributed by atoms with E-state index < -0.39 is 78.8 Å². The fraction of sp³-hybridized carbons (Fsp3) is 0.815. The predicted molar refractivity (Wildman–Crippen MR) is 136 cm³/mol. The van der Waals surface area contributed by atoms with E-state index in [0.717, 1.165) is 9.80 Å². The third-order valence-electron chi connectivity index (χ3n) is 7.47. The molecule has 0 saturated carbocycles. The summed E-state index contributed by atoms with van der Waals surface area (Å²) in [7, 11) is 0. The molecule has 0 heterocycles. The average molecular weight is 776 g/mol. The zero-order chi connectivity index (χ0) is 30.4. The molecule has 0 saturated heterocycles. The minimum absolute atomic E-state index is 0. The van der Waals surface area contributed by atoms with E-state index in [0.29, 0.717) is 19.3 Å². The van der Waals surface area contributed by atoms with Crippen molar-refractivity contribution < 1.29 is 149 Å². The Labute approximate surface area is 332 Å².